The van der Waals surface area contributed by atoms with Crippen LogP contribution in [0.3, 0.4) is 0 Å². The van der Waals surface area contributed by atoms with E-state index in [1.807, 2.05) is 45.0 Å². The highest BCUT2D eigenvalue weighted by Crippen LogP contribution is 2.40. The fraction of sp³-hybridized carbons (Fsp3) is 0.304. The van der Waals surface area contributed by atoms with Gasteiger partial charge in [-0.3, -0.25) is 14.5 Å². The summed E-state index contributed by atoms with van der Waals surface area (Å²) < 4.78 is 12.9. The molecule has 2 aromatic carbocycles. The molecule has 0 N–H and O–H groups in total. The highest BCUT2D eigenvalue weighted by atomic mass is 127. The highest BCUT2D eigenvalue weighted by molar-refractivity contribution is 14.1. The summed E-state index contributed by atoms with van der Waals surface area (Å²) >= 11 is 9.70. The van der Waals surface area contributed by atoms with Crippen LogP contribution in [0.4, 0.5) is 4.79 Å². The van der Waals surface area contributed by atoms with Crippen LogP contribution in [0.1, 0.15) is 38.3 Å². The van der Waals surface area contributed by atoms with Gasteiger partial charge in [-0.1, -0.05) is 30.7 Å². The Bertz CT molecular complexity index is 1010. The minimum absolute atomic E-state index is 0.141. The molecule has 2 amide bonds. The molecule has 1 aliphatic rings. The second-order valence-electron chi connectivity index (χ2n) is 6.99. The Labute approximate surface area is 205 Å². The average Bonchev–Trinajstić information content (AvgIpc) is 3.01. The van der Waals surface area contributed by atoms with Crippen molar-refractivity contribution in [3.63, 3.8) is 0 Å². The molecule has 164 valence electrons. The highest BCUT2D eigenvalue weighted by Gasteiger charge is 2.37. The molecule has 31 heavy (non-hydrogen) atoms. The topological polar surface area (TPSA) is 55.8 Å². The number of ether oxygens (including phenoxy) is 2. The number of carbonyl (C=O) groups excluding carboxylic acids is 2. The summed E-state index contributed by atoms with van der Waals surface area (Å²) in [5, 5.41) is 0.128. The summed E-state index contributed by atoms with van der Waals surface area (Å²) in [6.07, 6.45) is 2.38. The minimum atomic E-state index is -0.280. The quantitative estimate of drug-likeness (QED) is 0.259. The van der Waals surface area contributed by atoms with Crippen molar-refractivity contribution in [3.05, 3.63) is 61.0 Å². The maximum Gasteiger partial charge on any atom is 0.293 e. The zero-order valence-corrected chi connectivity index (χ0v) is 21.2. The largest absolute Gasteiger partial charge is 0.490 e. The van der Waals surface area contributed by atoms with E-state index >= 15 is 0 Å². The Hall–Kier alpha value is -1.71. The van der Waals surface area contributed by atoms with Gasteiger partial charge in [0, 0.05) is 9.61 Å². The van der Waals surface area contributed by atoms with Gasteiger partial charge in [-0.2, -0.15) is 0 Å². The lowest BCUT2D eigenvalue weighted by Gasteiger charge is -2.19. The van der Waals surface area contributed by atoms with Crippen LogP contribution in [-0.4, -0.2) is 28.7 Å². The van der Waals surface area contributed by atoms with E-state index in [-0.39, 0.29) is 17.2 Å². The summed E-state index contributed by atoms with van der Waals surface area (Å²) in [6.45, 7) is 6.47. The second kappa shape index (κ2) is 10.7. The zero-order chi connectivity index (χ0) is 22.5. The first-order chi connectivity index (χ1) is 14.8. The van der Waals surface area contributed by atoms with Gasteiger partial charge in [0.25, 0.3) is 11.1 Å². The van der Waals surface area contributed by atoms with E-state index in [1.165, 1.54) is 4.90 Å². The Morgan fingerprint density at radius 1 is 1.16 bits per heavy atom. The fourth-order valence-corrected chi connectivity index (χ4v) is 4.57. The van der Waals surface area contributed by atoms with Crippen molar-refractivity contribution in [2.24, 2.45) is 0 Å². The van der Waals surface area contributed by atoms with Gasteiger partial charge in [-0.15, -0.1) is 0 Å². The van der Waals surface area contributed by atoms with Crippen molar-refractivity contribution in [1.29, 1.82) is 0 Å². The molecule has 3 rings (SSSR count). The standard InChI is InChI=1S/C23H23ClINO4S/c1-4-14(3)26-22(27)20(31-23(26)28)12-16-10-18(24)21(19(11-16)29-5-2)30-13-15-6-8-17(25)9-7-15/h6-12,14H,4-5,13H2,1-3H3/b20-12+/t14-/m0/s1. The average molecular weight is 572 g/mol. The van der Waals surface area contributed by atoms with Crippen molar-refractivity contribution in [2.75, 3.05) is 6.61 Å². The molecule has 0 bridgehead atoms. The number of carbonyl (C=O) groups is 2. The van der Waals surface area contributed by atoms with Gasteiger partial charge in [-0.05, 0) is 96.1 Å². The maximum atomic E-state index is 12.7. The number of halogens is 2. The van der Waals surface area contributed by atoms with Crippen LogP contribution in [0.15, 0.2) is 41.3 Å². The molecule has 2 aromatic rings. The summed E-state index contributed by atoms with van der Waals surface area (Å²) in [5.41, 5.74) is 1.69. The SMILES string of the molecule is CCOc1cc(/C=C2/SC(=O)N([C@@H](C)CC)C2=O)cc(Cl)c1OCc1ccc(I)cc1. The molecule has 0 aromatic heterocycles. The first-order valence-corrected chi connectivity index (χ1v) is 12.2. The fourth-order valence-electron chi connectivity index (χ4n) is 3.00. The number of amides is 2. The molecule has 0 unspecified atom stereocenters. The van der Waals surface area contributed by atoms with Gasteiger partial charge < -0.3 is 9.47 Å². The van der Waals surface area contributed by atoms with Crippen LogP contribution in [0, 0.1) is 3.57 Å². The van der Waals surface area contributed by atoms with Gasteiger partial charge in [0.1, 0.15) is 6.61 Å². The second-order valence-corrected chi connectivity index (χ2v) is 9.63. The monoisotopic (exact) mass is 571 g/mol. The van der Waals surface area contributed by atoms with Crippen molar-refractivity contribution in [3.8, 4) is 11.5 Å². The lowest BCUT2D eigenvalue weighted by atomic mass is 10.1. The number of imide groups is 1. The van der Waals surface area contributed by atoms with E-state index in [1.54, 1.807) is 18.2 Å². The first kappa shape index (κ1) is 23.9. The van der Waals surface area contributed by atoms with Gasteiger partial charge in [0.15, 0.2) is 11.5 Å². The minimum Gasteiger partial charge on any atom is -0.490 e. The van der Waals surface area contributed by atoms with Gasteiger partial charge in [0.05, 0.1) is 16.5 Å². The molecular formula is C23H23ClINO4S. The summed E-state index contributed by atoms with van der Waals surface area (Å²) in [6, 6.07) is 11.4. The summed E-state index contributed by atoms with van der Waals surface area (Å²) in [5.74, 6) is 0.664. The van der Waals surface area contributed by atoms with Crippen LogP contribution >= 0.6 is 46.0 Å². The van der Waals surface area contributed by atoms with Crippen LogP contribution in [-0.2, 0) is 11.4 Å². The molecule has 1 fully saturated rings. The van der Waals surface area contributed by atoms with Crippen LogP contribution in [0.2, 0.25) is 5.02 Å². The predicted octanol–water partition coefficient (Wildman–Crippen LogP) is 6.76. The number of hydrogen-bond acceptors (Lipinski definition) is 5. The Kier molecular flexibility index (Phi) is 8.30. The predicted molar refractivity (Wildman–Crippen MR) is 134 cm³/mol. The number of nitrogens with zero attached hydrogens (tertiary/aromatic N) is 1. The van der Waals surface area contributed by atoms with Crippen LogP contribution in [0.5, 0.6) is 11.5 Å². The molecule has 1 aliphatic heterocycles. The van der Waals surface area contributed by atoms with Crippen LogP contribution < -0.4 is 9.47 Å². The molecule has 5 nitrogen and oxygen atoms in total. The zero-order valence-electron chi connectivity index (χ0n) is 17.5. The number of rotatable bonds is 8. The maximum absolute atomic E-state index is 12.7. The van der Waals surface area contributed by atoms with E-state index in [0.29, 0.717) is 46.6 Å². The molecule has 8 heteroatoms. The summed E-state index contributed by atoms with van der Waals surface area (Å²) in [7, 11) is 0. The number of hydrogen-bond donors (Lipinski definition) is 0. The van der Waals surface area contributed by atoms with E-state index in [4.69, 9.17) is 21.1 Å². The summed E-state index contributed by atoms with van der Waals surface area (Å²) in [4.78, 5) is 26.6. The van der Waals surface area contributed by atoms with Gasteiger partial charge in [0.2, 0.25) is 0 Å². The van der Waals surface area contributed by atoms with E-state index in [9.17, 15) is 9.59 Å². The first-order valence-electron chi connectivity index (χ1n) is 9.94. The van der Waals surface area contributed by atoms with Crippen molar-refractivity contribution in [2.45, 2.75) is 39.8 Å². The molecule has 0 spiro atoms. The van der Waals surface area contributed by atoms with Crippen molar-refractivity contribution >= 4 is 63.2 Å². The Morgan fingerprint density at radius 2 is 1.87 bits per heavy atom. The molecular weight excluding hydrogens is 549 g/mol. The molecule has 1 saturated heterocycles. The number of benzene rings is 2. The third-order valence-corrected chi connectivity index (χ3v) is 6.66. The van der Waals surface area contributed by atoms with Crippen molar-refractivity contribution in [1.82, 2.24) is 4.90 Å². The normalized spacial score (nSPS) is 16.2. The van der Waals surface area contributed by atoms with Crippen molar-refractivity contribution < 1.29 is 19.1 Å². The lowest BCUT2D eigenvalue weighted by molar-refractivity contribution is -0.124. The van der Waals surface area contributed by atoms with E-state index < -0.39 is 0 Å². The van der Waals surface area contributed by atoms with Crippen LogP contribution in [0.25, 0.3) is 6.08 Å². The smallest absolute Gasteiger partial charge is 0.293 e. The number of thioether (sulfide) groups is 1. The van der Waals surface area contributed by atoms with E-state index in [2.05, 4.69) is 22.6 Å². The van der Waals surface area contributed by atoms with E-state index in [0.717, 1.165) is 20.9 Å². The Morgan fingerprint density at radius 3 is 2.52 bits per heavy atom. The molecule has 0 saturated carbocycles. The van der Waals surface area contributed by atoms with Gasteiger partial charge in [-0.25, -0.2) is 0 Å². The Balaban J connectivity index is 1.86. The lowest BCUT2D eigenvalue weighted by Crippen LogP contribution is -2.36. The molecule has 0 radical (unpaired) electrons. The molecule has 1 atom stereocenters. The molecule has 1 heterocycles. The third kappa shape index (κ3) is 5.75. The molecule has 0 aliphatic carbocycles. The van der Waals surface area contributed by atoms with Gasteiger partial charge >= 0.3 is 0 Å². The third-order valence-electron chi connectivity index (χ3n) is 4.78.